The molecule has 9 heteroatoms. The topological polar surface area (TPSA) is 79.4 Å². The van der Waals surface area contributed by atoms with Gasteiger partial charge in [-0.2, -0.15) is 0 Å². The highest BCUT2D eigenvalue weighted by atomic mass is 19.4. The largest absolute Gasteiger partial charge is 0.573 e. The molecular weight excluding hydrogens is 262 g/mol. The number of H-pyrrole nitrogens is 1. The zero-order valence-corrected chi connectivity index (χ0v) is 8.68. The SMILES string of the molecule is O=C(O)Cc1c[nH]c(CF)c(OC(F)(F)F)c1=O. The van der Waals surface area contributed by atoms with Crippen LogP contribution in [0.5, 0.6) is 5.75 Å². The van der Waals surface area contributed by atoms with E-state index in [-0.39, 0.29) is 0 Å². The van der Waals surface area contributed by atoms with Gasteiger partial charge in [0.05, 0.1) is 12.1 Å². The van der Waals surface area contributed by atoms with Crippen molar-refractivity contribution in [1.29, 1.82) is 0 Å². The Morgan fingerprint density at radius 3 is 2.50 bits per heavy atom. The molecule has 0 aromatic carbocycles. The van der Waals surface area contributed by atoms with Gasteiger partial charge in [0, 0.05) is 11.8 Å². The van der Waals surface area contributed by atoms with Crippen LogP contribution in [0, 0.1) is 0 Å². The molecule has 0 atom stereocenters. The minimum Gasteiger partial charge on any atom is -0.481 e. The van der Waals surface area contributed by atoms with Crippen LogP contribution < -0.4 is 10.2 Å². The molecule has 0 spiro atoms. The Morgan fingerprint density at radius 1 is 1.44 bits per heavy atom. The van der Waals surface area contributed by atoms with E-state index in [0.29, 0.717) is 0 Å². The number of rotatable bonds is 4. The maximum absolute atomic E-state index is 12.4. The molecule has 0 aliphatic heterocycles. The van der Waals surface area contributed by atoms with Crippen molar-refractivity contribution in [2.24, 2.45) is 0 Å². The third-order valence-corrected chi connectivity index (χ3v) is 1.89. The first-order chi connectivity index (χ1) is 8.24. The third-order valence-electron chi connectivity index (χ3n) is 1.89. The number of aromatic nitrogens is 1. The lowest BCUT2D eigenvalue weighted by atomic mass is 10.2. The number of hydrogen-bond donors (Lipinski definition) is 2. The Labute approximate surface area is 97.0 Å². The van der Waals surface area contributed by atoms with Gasteiger partial charge in [0.15, 0.2) is 5.75 Å². The number of hydrogen-bond acceptors (Lipinski definition) is 3. The van der Waals surface area contributed by atoms with Gasteiger partial charge >= 0.3 is 12.3 Å². The van der Waals surface area contributed by atoms with Crippen molar-refractivity contribution in [2.75, 3.05) is 0 Å². The molecule has 0 aliphatic rings. The average Bonchev–Trinajstić information content (AvgIpc) is 2.22. The lowest BCUT2D eigenvalue weighted by Crippen LogP contribution is -2.25. The molecule has 0 saturated heterocycles. The number of nitrogens with one attached hydrogen (secondary N) is 1. The fourth-order valence-electron chi connectivity index (χ4n) is 1.21. The summed E-state index contributed by atoms with van der Waals surface area (Å²) in [5.41, 5.74) is -2.47. The van der Waals surface area contributed by atoms with Crippen LogP contribution in [0.2, 0.25) is 0 Å². The van der Waals surface area contributed by atoms with Crippen LogP contribution in [-0.2, 0) is 17.9 Å². The smallest absolute Gasteiger partial charge is 0.481 e. The third kappa shape index (κ3) is 3.47. The van der Waals surface area contributed by atoms with E-state index in [2.05, 4.69) is 9.72 Å². The monoisotopic (exact) mass is 269 g/mol. The Balaban J connectivity index is 3.27. The van der Waals surface area contributed by atoms with Crippen LogP contribution in [0.15, 0.2) is 11.0 Å². The molecule has 18 heavy (non-hydrogen) atoms. The molecule has 5 nitrogen and oxygen atoms in total. The molecule has 0 radical (unpaired) electrons. The van der Waals surface area contributed by atoms with Crippen molar-refractivity contribution in [2.45, 2.75) is 19.5 Å². The molecule has 0 aliphatic carbocycles. The van der Waals surface area contributed by atoms with Crippen molar-refractivity contribution in [3.05, 3.63) is 27.7 Å². The fraction of sp³-hybridized carbons (Fsp3) is 0.333. The van der Waals surface area contributed by atoms with Crippen LogP contribution in [0.1, 0.15) is 11.3 Å². The Hall–Kier alpha value is -2.06. The Morgan fingerprint density at radius 2 is 2.06 bits per heavy atom. The second kappa shape index (κ2) is 5.07. The summed E-state index contributed by atoms with van der Waals surface area (Å²) in [7, 11) is 0. The molecular formula is C9H7F4NO4. The van der Waals surface area contributed by atoms with Gasteiger partial charge in [-0.3, -0.25) is 9.59 Å². The Kier molecular flexibility index (Phi) is 3.94. The van der Waals surface area contributed by atoms with Gasteiger partial charge in [0.1, 0.15) is 6.67 Å². The summed E-state index contributed by atoms with van der Waals surface area (Å²) in [4.78, 5) is 23.9. The first-order valence-corrected chi connectivity index (χ1v) is 4.51. The lowest BCUT2D eigenvalue weighted by molar-refractivity contribution is -0.275. The van der Waals surface area contributed by atoms with Crippen LogP contribution >= 0.6 is 0 Å². The van der Waals surface area contributed by atoms with Gasteiger partial charge in [-0.25, -0.2) is 4.39 Å². The van der Waals surface area contributed by atoms with Crippen molar-refractivity contribution in [3.63, 3.8) is 0 Å². The van der Waals surface area contributed by atoms with Gasteiger partial charge in [0.2, 0.25) is 5.43 Å². The summed E-state index contributed by atoms with van der Waals surface area (Å²) in [6.45, 7) is -1.38. The summed E-state index contributed by atoms with van der Waals surface area (Å²) < 4.78 is 51.9. The summed E-state index contributed by atoms with van der Waals surface area (Å²) >= 11 is 0. The number of ether oxygens (including phenoxy) is 1. The first kappa shape index (κ1) is 14.0. The van der Waals surface area contributed by atoms with E-state index < -0.39 is 47.9 Å². The van der Waals surface area contributed by atoms with E-state index in [4.69, 9.17) is 5.11 Å². The summed E-state index contributed by atoms with van der Waals surface area (Å²) in [5, 5.41) is 8.45. The van der Waals surface area contributed by atoms with Crippen LogP contribution in [0.3, 0.4) is 0 Å². The van der Waals surface area contributed by atoms with Gasteiger partial charge < -0.3 is 14.8 Å². The van der Waals surface area contributed by atoms with E-state index >= 15 is 0 Å². The number of carboxylic acid groups (broad SMARTS) is 1. The number of halogens is 4. The minimum atomic E-state index is -5.17. The predicted molar refractivity (Wildman–Crippen MR) is 49.9 cm³/mol. The van der Waals surface area contributed by atoms with E-state index in [1.54, 1.807) is 0 Å². The highest BCUT2D eigenvalue weighted by Gasteiger charge is 2.34. The summed E-state index contributed by atoms with van der Waals surface area (Å²) in [5.74, 6) is -2.68. The molecule has 2 N–H and O–H groups in total. The molecule has 1 aromatic heterocycles. The molecule has 0 fully saturated rings. The predicted octanol–water partition coefficient (Wildman–Crippen LogP) is 1.37. The Bertz CT molecular complexity index is 508. The number of aliphatic carboxylic acids is 1. The first-order valence-electron chi connectivity index (χ1n) is 4.51. The molecule has 1 rings (SSSR count). The second-order valence-corrected chi connectivity index (χ2v) is 3.20. The number of alkyl halides is 4. The molecule has 0 unspecified atom stereocenters. The molecule has 100 valence electrons. The van der Waals surface area contributed by atoms with E-state index in [1.807, 2.05) is 0 Å². The minimum absolute atomic E-state index is 0.459. The number of aromatic amines is 1. The number of carboxylic acids is 1. The fourth-order valence-corrected chi connectivity index (χ4v) is 1.21. The summed E-state index contributed by atoms with van der Waals surface area (Å²) in [6, 6.07) is 0. The highest BCUT2D eigenvalue weighted by molar-refractivity contribution is 5.70. The zero-order chi connectivity index (χ0) is 13.9. The van der Waals surface area contributed by atoms with Gasteiger partial charge in [0.25, 0.3) is 0 Å². The maximum atomic E-state index is 12.4. The van der Waals surface area contributed by atoms with Crippen molar-refractivity contribution in [3.8, 4) is 5.75 Å². The van der Waals surface area contributed by atoms with Gasteiger partial charge in [-0.15, -0.1) is 13.2 Å². The lowest BCUT2D eigenvalue weighted by Gasteiger charge is -2.11. The van der Waals surface area contributed by atoms with Crippen molar-refractivity contribution >= 4 is 5.97 Å². The standard InChI is InChI=1S/C9H7F4NO4/c10-2-5-8(18-9(11,12)13)7(17)4(3-14-5)1-6(15)16/h3H,1-2H2,(H,14,17)(H,15,16). The maximum Gasteiger partial charge on any atom is 0.573 e. The van der Waals surface area contributed by atoms with Crippen LogP contribution in [0.4, 0.5) is 17.6 Å². The van der Waals surface area contributed by atoms with Crippen LogP contribution in [0.25, 0.3) is 0 Å². The zero-order valence-electron chi connectivity index (χ0n) is 8.68. The van der Waals surface area contributed by atoms with Gasteiger partial charge in [-0.1, -0.05) is 0 Å². The molecule has 1 heterocycles. The highest BCUT2D eigenvalue weighted by Crippen LogP contribution is 2.23. The quantitative estimate of drug-likeness (QED) is 0.809. The van der Waals surface area contributed by atoms with E-state index in [9.17, 15) is 27.2 Å². The molecule has 0 saturated carbocycles. The van der Waals surface area contributed by atoms with E-state index in [0.717, 1.165) is 6.20 Å². The average molecular weight is 269 g/mol. The number of pyridine rings is 1. The molecule has 1 aromatic rings. The van der Waals surface area contributed by atoms with E-state index in [1.165, 1.54) is 0 Å². The molecule has 0 bridgehead atoms. The normalized spacial score (nSPS) is 11.3. The molecule has 0 amide bonds. The van der Waals surface area contributed by atoms with Crippen molar-refractivity contribution in [1.82, 2.24) is 4.98 Å². The van der Waals surface area contributed by atoms with Crippen molar-refractivity contribution < 1.29 is 32.2 Å². The number of carbonyl (C=O) groups is 1. The van der Waals surface area contributed by atoms with Crippen LogP contribution in [-0.4, -0.2) is 22.4 Å². The summed E-state index contributed by atoms with van der Waals surface area (Å²) in [6.07, 6.45) is -5.12. The van der Waals surface area contributed by atoms with Gasteiger partial charge in [-0.05, 0) is 0 Å². The second-order valence-electron chi connectivity index (χ2n) is 3.20.